The predicted molar refractivity (Wildman–Crippen MR) is 114 cm³/mol. The van der Waals surface area contributed by atoms with Crippen molar-refractivity contribution in [2.24, 2.45) is 5.41 Å². The highest BCUT2D eigenvalue weighted by Gasteiger charge is 2.67. The number of ether oxygens (including phenoxy) is 1. The van der Waals surface area contributed by atoms with Gasteiger partial charge in [-0.3, -0.25) is 14.6 Å². The number of methoxy groups -OCH3 is 1. The number of nitrogens with zero attached hydrogens (tertiary/aromatic N) is 2. The van der Waals surface area contributed by atoms with Gasteiger partial charge < -0.3 is 9.64 Å². The molecule has 5 rings (SSSR count). The standard InChI is InChI=1S/C25H20N2O3/c1-30-24(29)25-17(15-18-9-7-8-14-26-18)16-27(19-10-3-2-4-11-19)22(25)20-12-5-6-13-21(20)23(25)28/h2-15,22H,16H2,1H3/b17-15+/t22-,25+/m0/s1. The highest BCUT2D eigenvalue weighted by Crippen LogP contribution is 2.59. The van der Waals surface area contributed by atoms with E-state index < -0.39 is 17.4 Å². The van der Waals surface area contributed by atoms with Gasteiger partial charge in [0.2, 0.25) is 0 Å². The number of hydrogen-bond acceptors (Lipinski definition) is 5. The minimum Gasteiger partial charge on any atom is -0.468 e. The average Bonchev–Trinajstić information content (AvgIpc) is 3.27. The lowest BCUT2D eigenvalue weighted by molar-refractivity contribution is -0.147. The van der Waals surface area contributed by atoms with Crippen LogP contribution in [0, 0.1) is 5.41 Å². The smallest absolute Gasteiger partial charge is 0.326 e. The van der Waals surface area contributed by atoms with Gasteiger partial charge in [-0.05, 0) is 41.5 Å². The molecule has 148 valence electrons. The maximum atomic E-state index is 13.8. The van der Waals surface area contributed by atoms with Crippen molar-refractivity contribution in [1.29, 1.82) is 0 Å². The zero-order valence-corrected chi connectivity index (χ0v) is 16.5. The maximum Gasteiger partial charge on any atom is 0.326 e. The molecule has 0 N–H and O–H groups in total. The van der Waals surface area contributed by atoms with Gasteiger partial charge >= 0.3 is 5.97 Å². The SMILES string of the molecule is COC(=O)[C@@]12C(=O)c3ccccc3[C@@H]1N(c1ccccc1)C/C2=C\c1ccccn1. The van der Waals surface area contributed by atoms with Crippen LogP contribution in [0.15, 0.2) is 84.6 Å². The lowest BCUT2D eigenvalue weighted by Gasteiger charge is -2.30. The molecule has 2 atom stereocenters. The summed E-state index contributed by atoms with van der Waals surface area (Å²) in [4.78, 5) is 33.6. The van der Waals surface area contributed by atoms with Gasteiger partial charge in [0.05, 0.1) is 18.8 Å². The number of carbonyl (C=O) groups is 2. The van der Waals surface area contributed by atoms with E-state index in [4.69, 9.17) is 4.74 Å². The van der Waals surface area contributed by atoms with Crippen LogP contribution in [-0.4, -0.2) is 30.4 Å². The van der Waals surface area contributed by atoms with Crippen molar-refractivity contribution in [3.63, 3.8) is 0 Å². The summed E-state index contributed by atoms with van der Waals surface area (Å²) in [7, 11) is 1.34. The molecule has 2 aliphatic rings. The van der Waals surface area contributed by atoms with Crippen molar-refractivity contribution in [3.8, 4) is 0 Å². The summed E-state index contributed by atoms with van der Waals surface area (Å²) in [5.41, 5.74) is 2.34. The zero-order valence-electron chi connectivity index (χ0n) is 16.5. The van der Waals surface area contributed by atoms with Gasteiger partial charge in [0, 0.05) is 24.0 Å². The summed E-state index contributed by atoms with van der Waals surface area (Å²) in [5.74, 6) is -0.745. The van der Waals surface area contributed by atoms with Crippen LogP contribution in [0.3, 0.4) is 0 Å². The van der Waals surface area contributed by atoms with Gasteiger partial charge in [0.1, 0.15) is 0 Å². The second-order valence-corrected chi connectivity index (χ2v) is 7.51. The van der Waals surface area contributed by atoms with E-state index in [-0.39, 0.29) is 5.78 Å². The Morgan fingerprint density at radius 3 is 2.53 bits per heavy atom. The molecule has 3 aromatic rings. The Labute approximate surface area is 174 Å². The molecule has 1 saturated heterocycles. The fourth-order valence-electron chi connectivity index (χ4n) is 4.79. The lowest BCUT2D eigenvalue weighted by atomic mass is 9.75. The van der Waals surface area contributed by atoms with Crippen molar-refractivity contribution >= 4 is 23.5 Å². The summed E-state index contributed by atoms with van der Waals surface area (Å²) in [6.07, 6.45) is 3.56. The van der Waals surface area contributed by atoms with Gasteiger partial charge in [-0.1, -0.05) is 48.5 Å². The number of Topliss-reactive ketones (excluding diaryl/α,β-unsaturated/α-hetero) is 1. The summed E-state index contributed by atoms with van der Waals surface area (Å²) in [5, 5.41) is 0. The number of carbonyl (C=O) groups excluding carboxylic acids is 2. The number of esters is 1. The van der Waals surface area contributed by atoms with E-state index >= 15 is 0 Å². The molecule has 0 bridgehead atoms. The topological polar surface area (TPSA) is 59.5 Å². The van der Waals surface area contributed by atoms with Crippen molar-refractivity contribution in [2.75, 3.05) is 18.6 Å². The molecule has 5 nitrogen and oxygen atoms in total. The van der Waals surface area contributed by atoms with Crippen LogP contribution in [0.1, 0.15) is 27.7 Å². The monoisotopic (exact) mass is 396 g/mol. The van der Waals surface area contributed by atoms with Gasteiger partial charge in [-0.25, -0.2) is 0 Å². The number of para-hydroxylation sites is 1. The maximum absolute atomic E-state index is 13.8. The number of hydrogen-bond donors (Lipinski definition) is 0. The van der Waals surface area contributed by atoms with Crippen molar-refractivity contribution in [2.45, 2.75) is 6.04 Å². The quantitative estimate of drug-likeness (QED) is 0.493. The Morgan fingerprint density at radius 1 is 1.07 bits per heavy atom. The molecule has 0 radical (unpaired) electrons. The first-order valence-corrected chi connectivity index (χ1v) is 9.84. The van der Waals surface area contributed by atoms with E-state index in [2.05, 4.69) is 9.88 Å². The first-order chi connectivity index (χ1) is 14.7. The Hall–Kier alpha value is -3.73. The van der Waals surface area contributed by atoms with Gasteiger partial charge in [-0.15, -0.1) is 0 Å². The van der Waals surface area contributed by atoms with E-state index in [1.807, 2.05) is 72.8 Å². The third kappa shape index (κ3) is 2.45. The third-order valence-electron chi connectivity index (χ3n) is 6.03. The molecular formula is C25H20N2O3. The molecule has 0 amide bonds. The third-order valence-corrected chi connectivity index (χ3v) is 6.03. The van der Waals surface area contributed by atoms with E-state index in [0.717, 1.165) is 11.3 Å². The van der Waals surface area contributed by atoms with Crippen LogP contribution in [0.25, 0.3) is 6.08 Å². The number of fused-ring (bicyclic) bond motifs is 3. The van der Waals surface area contributed by atoms with Crippen molar-refractivity contribution in [1.82, 2.24) is 4.98 Å². The van der Waals surface area contributed by atoms with Crippen LogP contribution in [0.2, 0.25) is 0 Å². The van der Waals surface area contributed by atoms with Crippen LogP contribution < -0.4 is 4.90 Å². The Morgan fingerprint density at radius 2 is 1.80 bits per heavy atom. The highest BCUT2D eigenvalue weighted by atomic mass is 16.5. The second kappa shape index (κ2) is 6.95. The first kappa shape index (κ1) is 18.3. The van der Waals surface area contributed by atoms with E-state index in [9.17, 15) is 9.59 Å². The lowest BCUT2D eigenvalue weighted by Crippen LogP contribution is -2.41. The largest absolute Gasteiger partial charge is 0.468 e. The molecule has 0 saturated carbocycles. The molecular weight excluding hydrogens is 376 g/mol. The molecule has 1 aliphatic carbocycles. The van der Waals surface area contributed by atoms with Gasteiger partial charge in [-0.2, -0.15) is 0 Å². The minimum atomic E-state index is -1.42. The molecule has 0 unspecified atom stereocenters. The van der Waals surface area contributed by atoms with Gasteiger partial charge in [0.25, 0.3) is 0 Å². The van der Waals surface area contributed by atoms with Crippen LogP contribution >= 0.6 is 0 Å². The fraction of sp³-hybridized carbons (Fsp3) is 0.160. The van der Waals surface area contributed by atoms with Crippen LogP contribution in [0.5, 0.6) is 0 Å². The Kier molecular flexibility index (Phi) is 4.24. The molecule has 2 heterocycles. The Balaban J connectivity index is 1.79. The number of ketones is 1. The zero-order chi connectivity index (χ0) is 20.7. The summed E-state index contributed by atoms with van der Waals surface area (Å²) >= 11 is 0. The summed E-state index contributed by atoms with van der Waals surface area (Å²) in [6.45, 7) is 0.431. The fourth-order valence-corrected chi connectivity index (χ4v) is 4.79. The number of aromatic nitrogens is 1. The molecule has 1 aliphatic heterocycles. The summed E-state index contributed by atoms with van der Waals surface area (Å²) in [6, 6.07) is 22.4. The molecule has 30 heavy (non-hydrogen) atoms. The minimum absolute atomic E-state index is 0.212. The number of benzene rings is 2. The normalized spacial score (nSPS) is 23.4. The molecule has 0 spiro atoms. The van der Waals surface area contributed by atoms with Crippen molar-refractivity contribution in [3.05, 3.63) is 101 Å². The number of anilines is 1. The summed E-state index contributed by atoms with van der Waals surface area (Å²) < 4.78 is 5.24. The first-order valence-electron chi connectivity index (χ1n) is 9.84. The highest BCUT2D eigenvalue weighted by molar-refractivity contribution is 6.21. The molecule has 1 aromatic heterocycles. The van der Waals surface area contributed by atoms with E-state index in [0.29, 0.717) is 23.4 Å². The second-order valence-electron chi connectivity index (χ2n) is 7.51. The van der Waals surface area contributed by atoms with Crippen molar-refractivity contribution < 1.29 is 14.3 Å². The Bertz CT molecular complexity index is 1160. The average molecular weight is 396 g/mol. The van der Waals surface area contributed by atoms with E-state index in [1.165, 1.54) is 7.11 Å². The molecule has 1 fully saturated rings. The predicted octanol–water partition coefficient (Wildman–Crippen LogP) is 4.08. The number of pyridine rings is 1. The molecule has 5 heteroatoms. The van der Waals surface area contributed by atoms with Gasteiger partial charge in [0.15, 0.2) is 11.2 Å². The van der Waals surface area contributed by atoms with Crippen LogP contribution in [-0.2, 0) is 9.53 Å². The molecule has 2 aromatic carbocycles. The van der Waals surface area contributed by atoms with E-state index in [1.54, 1.807) is 12.3 Å². The van der Waals surface area contributed by atoms with Crippen LogP contribution in [0.4, 0.5) is 5.69 Å². The number of rotatable bonds is 3.